The van der Waals surface area contributed by atoms with Crippen molar-refractivity contribution in [2.75, 3.05) is 16.2 Å². The lowest BCUT2D eigenvalue weighted by molar-refractivity contribution is -0.370. The first-order chi connectivity index (χ1) is 18.4. The Morgan fingerprint density at radius 3 is 2.38 bits per heavy atom. The number of aryl methyl sites for hydroxylation is 1. The molecule has 3 rings (SSSR count). The van der Waals surface area contributed by atoms with Crippen molar-refractivity contribution in [3.63, 3.8) is 0 Å². The van der Waals surface area contributed by atoms with Crippen molar-refractivity contribution in [2.45, 2.75) is 63.4 Å². The Morgan fingerprint density at radius 2 is 1.80 bits per heavy atom. The van der Waals surface area contributed by atoms with E-state index in [4.69, 9.17) is 0 Å². The number of halogens is 8. The van der Waals surface area contributed by atoms with Crippen LogP contribution in [0.25, 0.3) is 0 Å². The first-order valence-corrected chi connectivity index (χ1v) is 13.7. The summed E-state index contributed by atoms with van der Waals surface area (Å²) >= 11 is 0.0891. The molecule has 1 unspecified atom stereocenters. The van der Waals surface area contributed by atoms with Crippen molar-refractivity contribution in [1.29, 1.82) is 0 Å². The molecule has 0 aliphatic carbocycles. The number of rotatable bonds is 9. The first kappa shape index (κ1) is 31.4. The van der Waals surface area contributed by atoms with Crippen molar-refractivity contribution < 1.29 is 53.1 Å². The van der Waals surface area contributed by atoms with Crippen molar-refractivity contribution in [1.82, 2.24) is 10.2 Å². The van der Waals surface area contributed by atoms with Gasteiger partial charge in [-0.2, -0.15) is 43.5 Å². The number of anilines is 2. The monoisotopic (exact) mass is 624 g/mol. The van der Waals surface area contributed by atoms with E-state index >= 15 is 0 Å². The van der Waals surface area contributed by atoms with E-state index in [0.717, 1.165) is 6.42 Å². The van der Waals surface area contributed by atoms with E-state index in [2.05, 4.69) is 25.2 Å². The Labute approximate surface area is 225 Å². The van der Waals surface area contributed by atoms with Gasteiger partial charge in [0.1, 0.15) is 5.69 Å². The molecule has 0 saturated heterocycles. The number of ether oxygens (including phenoxy) is 1. The largest absolute Gasteiger partial charge is 0.516 e. The number of aromatic nitrogens is 2. The fraction of sp³-hybridized carbons (Fsp3) is 0.550. The molecule has 1 atom stereocenters. The minimum Gasteiger partial charge on any atom is -0.388 e. The quantitative estimate of drug-likeness (QED) is 0.193. The topological polar surface area (TPSA) is 126 Å². The molecule has 2 heterocycles. The number of sulfonamides is 1. The standard InChI is InChI=1S/C20H20F8N6O4S2/c1-3-7-34-11(4-2)6-5-10-8-12(13(9-14(10)34)33-40(36,37)20(26,27)28)29-31-17-32-30-15(39-17)16(35)38-19(24,25)18(21,22)23/h8-9,11,33H,3-7H2,1-2H3. The minimum atomic E-state index is -6.19. The summed E-state index contributed by atoms with van der Waals surface area (Å²) in [6.07, 6.45) is -9.41. The molecular formula is C20H20F8N6O4S2. The van der Waals surface area contributed by atoms with E-state index in [1.165, 1.54) is 16.9 Å². The smallest absolute Gasteiger partial charge is 0.388 e. The highest BCUT2D eigenvalue weighted by molar-refractivity contribution is 7.93. The molecule has 40 heavy (non-hydrogen) atoms. The van der Waals surface area contributed by atoms with Crippen molar-refractivity contribution in [3.05, 3.63) is 22.7 Å². The molecule has 1 aromatic carbocycles. The van der Waals surface area contributed by atoms with Gasteiger partial charge in [0, 0.05) is 18.3 Å². The molecule has 0 saturated carbocycles. The van der Waals surface area contributed by atoms with Gasteiger partial charge in [-0.05, 0) is 43.4 Å². The summed E-state index contributed by atoms with van der Waals surface area (Å²) in [5, 5.41) is 12.0. The zero-order valence-corrected chi connectivity index (χ0v) is 22.1. The van der Waals surface area contributed by atoms with Crippen LogP contribution in [0.5, 0.6) is 0 Å². The lowest BCUT2D eigenvalue weighted by Gasteiger charge is -2.39. The van der Waals surface area contributed by atoms with Crippen molar-refractivity contribution >= 4 is 49.5 Å². The van der Waals surface area contributed by atoms with E-state index < -0.39 is 49.6 Å². The fourth-order valence-corrected chi connectivity index (χ4v) is 4.86. The van der Waals surface area contributed by atoms with Gasteiger partial charge in [0.15, 0.2) is 0 Å². The van der Waals surface area contributed by atoms with Gasteiger partial charge in [0.05, 0.1) is 5.69 Å². The first-order valence-electron chi connectivity index (χ1n) is 11.4. The summed E-state index contributed by atoms with van der Waals surface area (Å²) < 4.78 is 130. The lowest BCUT2D eigenvalue weighted by atomic mass is 9.93. The molecule has 0 bridgehead atoms. The zero-order valence-electron chi connectivity index (χ0n) is 20.5. The van der Waals surface area contributed by atoms with E-state index in [-0.39, 0.29) is 23.1 Å². The second-order valence-electron chi connectivity index (χ2n) is 8.34. The number of nitrogens with zero attached hydrogens (tertiary/aromatic N) is 5. The molecule has 10 nitrogen and oxygen atoms in total. The van der Waals surface area contributed by atoms with Gasteiger partial charge in [-0.15, -0.1) is 20.4 Å². The summed E-state index contributed by atoms with van der Waals surface area (Å²) in [6.45, 7) is 4.37. The van der Waals surface area contributed by atoms with Crippen LogP contribution in [0.3, 0.4) is 0 Å². The highest BCUT2D eigenvalue weighted by atomic mass is 32.2. The number of alkyl halides is 8. The maximum Gasteiger partial charge on any atom is 0.516 e. The average molecular weight is 625 g/mol. The van der Waals surface area contributed by atoms with Crippen LogP contribution in [0.4, 0.5) is 57.3 Å². The predicted molar refractivity (Wildman–Crippen MR) is 126 cm³/mol. The Morgan fingerprint density at radius 1 is 1.12 bits per heavy atom. The van der Waals surface area contributed by atoms with Gasteiger partial charge in [0.25, 0.3) is 5.13 Å². The van der Waals surface area contributed by atoms with Crippen LogP contribution in [0, 0.1) is 0 Å². The van der Waals surface area contributed by atoms with Crippen LogP contribution in [0.15, 0.2) is 22.4 Å². The Hall–Kier alpha value is -3.16. The summed E-state index contributed by atoms with van der Waals surface area (Å²) in [7, 11) is -5.89. The van der Waals surface area contributed by atoms with Gasteiger partial charge in [-0.25, -0.2) is 4.79 Å². The number of fused-ring (bicyclic) bond motifs is 1. The van der Waals surface area contributed by atoms with Crippen LogP contribution < -0.4 is 9.62 Å². The lowest BCUT2D eigenvalue weighted by Crippen LogP contribution is -2.40. The Balaban J connectivity index is 1.99. The molecule has 20 heteroatoms. The number of azo groups is 1. The van der Waals surface area contributed by atoms with E-state index in [1.807, 2.05) is 18.7 Å². The molecule has 2 aromatic rings. The third-order valence-corrected chi connectivity index (χ3v) is 7.45. The molecule has 222 valence electrons. The maximum absolute atomic E-state index is 13.1. The summed E-state index contributed by atoms with van der Waals surface area (Å²) in [5.74, 6) is -2.17. The second kappa shape index (κ2) is 11.4. The highest BCUT2D eigenvalue weighted by Gasteiger charge is 2.62. The SMILES string of the molecule is CCCN1c2cc(NS(=O)(=O)C(F)(F)F)c(N=Nc3nnc(C(=O)OC(F)(F)C(F)(F)F)s3)cc2CCC1CC. The van der Waals surface area contributed by atoms with Crippen LogP contribution in [-0.4, -0.2) is 55.0 Å². The summed E-state index contributed by atoms with van der Waals surface area (Å²) in [5.41, 5.74) is -5.53. The van der Waals surface area contributed by atoms with E-state index in [0.29, 0.717) is 37.1 Å². The number of esters is 1. The molecule has 0 fully saturated rings. The van der Waals surface area contributed by atoms with Gasteiger partial charge in [-0.1, -0.05) is 25.2 Å². The van der Waals surface area contributed by atoms with Crippen LogP contribution in [0.2, 0.25) is 0 Å². The Kier molecular flexibility index (Phi) is 8.92. The summed E-state index contributed by atoms with van der Waals surface area (Å²) in [4.78, 5) is 13.6. The van der Waals surface area contributed by atoms with E-state index in [1.54, 1.807) is 0 Å². The maximum atomic E-state index is 13.1. The van der Waals surface area contributed by atoms with Crippen molar-refractivity contribution in [3.8, 4) is 0 Å². The number of benzene rings is 1. The molecule has 1 aliphatic rings. The third kappa shape index (κ3) is 6.76. The summed E-state index contributed by atoms with van der Waals surface area (Å²) in [6, 6.07) is 2.55. The molecule has 0 radical (unpaired) electrons. The van der Waals surface area contributed by atoms with E-state index in [9.17, 15) is 48.3 Å². The fourth-order valence-electron chi connectivity index (χ4n) is 3.75. The number of carbonyl (C=O) groups excluding carboxylic acids is 1. The number of hydrogen-bond acceptors (Lipinski definition) is 10. The number of nitrogens with one attached hydrogen (secondary N) is 1. The van der Waals surface area contributed by atoms with Gasteiger partial charge >= 0.3 is 33.8 Å². The minimum absolute atomic E-state index is 0.0521. The van der Waals surface area contributed by atoms with Gasteiger partial charge in [0.2, 0.25) is 5.01 Å². The third-order valence-electron chi connectivity index (χ3n) is 5.56. The number of hydrogen-bond donors (Lipinski definition) is 1. The molecule has 1 aliphatic heterocycles. The van der Waals surface area contributed by atoms with Gasteiger partial charge in [-0.3, -0.25) is 4.72 Å². The predicted octanol–water partition coefficient (Wildman–Crippen LogP) is 6.47. The highest BCUT2D eigenvalue weighted by Crippen LogP contribution is 2.42. The molecular weight excluding hydrogens is 604 g/mol. The van der Waals surface area contributed by atoms with Crippen LogP contribution in [0.1, 0.15) is 48.5 Å². The zero-order chi connectivity index (χ0) is 30.1. The van der Waals surface area contributed by atoms with Crippen LogP contribution in [-0.2, 0) is 21.2 Å². The molecule has 1 aromatic heterocycles. The molecule has 0 spiro atoms. The Bertz CT molecular complexity index is 1380. The van der Waals surface area contributed by atoms with Crippen molar-refractivity contribution in [2.24, 2.45) is 10.2 Å². The van der Waals surface area contributed by atoms with Gasteiger partial charge < -0.3 is 9.64 Å². The normalized spacial score (nSPS) is 16.8. The second-order valence-corrected chi connectivity index (χ2v) is 11.0. The molecule has 1 N–H and O–H groups in total. The molecule has 0 amide bonds. The van der Waals surface area contributed by atoms with Crippen LogP contribution >= 0.6 is 11.3 Å². The number of carbonyl (C=O) groups is 1. The average Bonchev–Trinajstić information content (AvgIpc) is 3.31.